The Balaban J connectivity index is 1.82. The molecule has 4 atom stereocenters. The van der Waals surface area contributed by atoms with Crippen LogP contribution in [0, 0.1) is 18.8 Å². The van der Waals surface area contributed by atoms with E-state index in [9.17, 15) is 19.2 Å². The van der Waals surface area contributed by atoms with Gasteiger partial charge in [-0.15, -0.1) is 0 Å². The summed E-state index contributed by atoms with van der Waals surface area (Å²) in [6.45, 7) is 5.91. The van der Waals surface area contributed by atoms with Crippen LogP contribution >= 0.6 is 0 Å². The molecule has 2 fully saturated rings. The van der Waals surface area contributed by atoms with Gasteiger partial charge < -0.3 is 15.0 Å². The fraction of sp³-hybridized carbons (Fsp3) is 0.524. The molecule has 0 radical (unpaired) electrons. The second-order valence-corrected chi connectivity index (χ2v) is 8.02. The second-order valence-electron chi connectivity index (χ2n) is 8.02. The number of anilines is 1. The van der Waals surface area contributed by atoms with Crippen molar-refractivity contribution in [3.63, 3.8) is 0 Å². The van der Waals surface area contributed by atoms with Crippen molar-refractivity contribution in [2.24, 2.45) is 11.8 Å². The lowest BCUT2D eigenvalue weighted by atomic mass is 9.81. The van der Waals surface area contributed by atoms with Gasteiger partial charge in [0.05, 0.1) is 18.9 Å². The average Bonchev–Trinajstić information content (AvgIpc) is 3.15. The van der Waals surface area contributed by atoms with Gasteiger partial charge in [-0.05, 0) is 32.9 Å². The number of nitrogens with zero attached hydrogens (tertiary/aromatic N) is 2. The third-order valence-electron chi connectivity index (χ3n) is 6.11. The number of hydrogen-bond acceptors (Lipinski definition) is 6. The van der Waals surface area contributed by atoms with Crippen LogP contribution in [0.5, 0.6) is 0 Å². The third kappa shape index (κ3) is 3.54. The molecule has 0 saturated carbocycles. The number of ether oxygens (including phenoxy) is 1. The molecule has 2 aliphatic rings. The fourth-order valence-electron chi connectivity index (χ4n) is 4.40. The van der Waals surface area contributed by atoms with Crippen molar-refractivity contribution in [1.82, 2.24) is 15.1 Å². The van der Waals surface area contributed by atoms with Crippen LogP contribution in [-0.2, 0) is 19.1 Å². The zero-order chi connectivity index (χ0) is 22.2. The van der Waals surface area contributed by atoms with E-state index in [2.05, 4.69) is 10.6 Å². The molecule has 3 rings (SSSR count). The van der Waals surface area contributed by atoms with Crippen LogP contribution in [0.3, 0.4) is 0 Å². The number of likely N-dealkylation sites (tertiary alicyclic amines) is 1. The summed E-state index contributed by atoms with van der Waals surface area (Å²) in [5.74, 6) is -2.99. The maximum Gasteiger partial charge on any atom is 0.326 e. The maximum atomic E-state index is 12.8. The number of benzene rings is 1. The van der Waals surface area contributed by atoms with Crippen molar-refractivity contribution in [1.29, 1.82) is 0 Å². The molecule has 2 N–H and O–H groups in total. The number of urea groups is 1. The van der Waals surface area contributed by atoms with Gasteiger partial charge >= 0.3 is 12.0 Å². The molecule has 2 heterocycles. The van der Waals surface area contributed by atoms with Crippen LogP contribution in [0.2, 0.25) is 0 Å². The average molecular weight is 416 g/mol. The Kier molecular flexibility index (Phi) is 5.85. The number of aryl methyl sites for hydroxylation is 1. The highest BCUT2D eigenvalue weighted by Gasteiger charge is 2.66. The predicted molar refractivity (Wildman–Crippen MR) is 110 cm³/mol. The van der Waals surface area contributed by atoms with Crippen LogP contribution in [0.4, 0.5) is 10.5 Å². The number of hydrogen-bond donors (Lipinski definition) is 2. The first-order valence-electron chi connectivity index (χ1n) is 9.94. The van der Waals surface area contributed by atoms with Gasteiger partial charge in [-0.1, -0.05) is 17.7 Å². The molecule has 0 bridgehead atoms. The number of imide groups is 1. The summed E-state index contributed by atoms with van der Waals surface area (Å²) < 4.78 is 4.90. The van der Waals surface area contributed by atoms with Gasteiger partial charge in [0.2, 0.25) is 11.8 Å². The number of likely N-dealkylation sites (N-methyl/N-ethyl adjacent to an activating group) is 1. The van der Waals surface area contributed by atoms with Gasteiger partial charge in [0, 0.05) is 31.9 Å². The Morgan fingerprint density at radius 1 is 1.23 bits per heavy atom. The van der Waals surface area contributed by atoms with Gasteiger partial charge in [0.25, 0.3) is 0 Å². The van der Waals surface area contributed by atoms with Gasteiger partial charge in [0.15, 0.2) is 0 Å². The molecule has 9 heteroatoms. The van der Waals surface area contributed by atoms with E-state index in [-0.39, 0.29) is 18.5 Å². The van der Waals surface area contributed by atoms with Gasteiger partial charge in [0.1, 0.15) is 5.54 Å². The standard InChI is InChI=1S/C21H28N4O5/c1-6-25(20(29)22-13-9-7-12(2)8-10-13)11-14-15-16(18(27)24(4)17(15)26)21(3,23-14)19(28)30-5/h7-10,14-16,23H,6,11H2,1-5H3,(H,22,29)/t14-,15+,16-,21-/m1/s1. The van der Waals surface area contributed by atoms with E-state index in [4.69, 9.17) is 4.74 Å². The van der Waals surface area contributed by atoms with E-state index < -0.39 is 35.3 Å². The SMILES string of the molecule is CCN(C[C@H]1N[C@@](C)(C(=O)OC)[C@H]2C(=O)N(C)C(=O)[C@@H]12)C(=O)Nc1ccc(C)cc1. The molecule has 162 valence electrons. The van der Waals surface area contributed by atoms with Gasteiger partial charge in [-0.25, -0.2) is 4.79 Å². The van der Waals surface area contributed by atoms with E-state index in [0.29, 0.717) is 12.2 Å². The third-order valence-corrected chi connectivity index (χ3v) is 6.11. The molecule has 0 aromatic heterocycles. The van der Waals surface area contributed by atoms with E-state index in [1.807, 2.05) is 38.1 Å². The van der Waals surface area contributed by atoms with Crippen LogP contribution in [-0.4, -0.2) is 72.4 Å². The zero-order valence-corrected chi connectivity index (χ0v) is 17.9. The molecule has 0 spiro atoms. The number of esters is 1. The number of carbonyl (C=O) groups is 4. The normalized spacial score (nSPS) is 27.8. The number of nitrogens with one attached hydrogen (secondary N) is 2. The quantitative estimate of drug-likeness (QED) is 0.547. The number of fused-ring (bicyclic) bond motifs is 1. The highest BCUT2D eigenvalue weighted by molar-refractivity contribution is 6.09. The molecule has 0 unspecified atom stereocenters. The molecule has 1 aromatic rings. The van der Waals surface area contributed by atoms with Crippen molar-refractivity contribution >= 4 is 29.5 Å². The summed E-state index contributed by atoms with van der Waals surface area (Å²) in [6.07, 6.45) is 0. The summed E-state index contributed by atoms with van der Waals surface area (Å²) >= 11 is 0. The molecule has 2 saturated heterocycles. The van der Waals surface area contributed by atoms with Crippen molar-refractivity contribution in [3.05, 3.63) is 29.8 Å². The van der Waals surface area contributed by atoms with Crippen LogP contribution in [0.1, 0.15) is 19.4 Å². The van der Waals surface area contributed by atoms with Crippen molar-refractivity contribution < 1.29 is 23.9 Å². The van der Waals surface area contributed by atoms with Crippen molar-refractivity contribution in [2.75, 3.05) is 32.6 Å². The monoisotopic (exact) mass is 416 g/mol. The number of amides is 4. The summed E-state index contributed by atoms with van der Waals surface area (Å²) in [5.41, 5.74) is 0.402. The maximum absolute atomic E-state index is 12.8. The topological polar surface area (TPSA) is 108 Å². The molecule has 4 amide bonds. The minimum atomic E-state index is -1.34. The number of methoxy groups -OCH3 is 1. The Morgan fingerprint density at radius 2 is 1.87 bits per heavy atom. The first kappa shape index (κ1) is 21.8. The predicted octanol–water partition coefficient (Wildman–Crippen LogP) is 0.983. The van der Waals surface area contributed by atoms with Gasteiger partial charge in [-0.2, -0.15) is 0 Å². The van der Waals surface area contributed by atoms with Crippen LogP contribution < -0.4 is 10.6 Å². The van der Waals surface area contributed by atoms with Crippen LogP contribution in [0.15, 0.2) is 24.3 Å². The lowest BCUT2D eigenvalue weighted by Gasteiger charge is -2.30. The Hall–Kier alpha value is -2.94. The van der Waals surface area contributed by atoms with E-state index >= 15 is 0 Å². The van der Waals surface area contributed by atoms with Crippen LogP contribution in [0.25, 0.3) is 0 Å². The first-order chi connectivity index (χ1) is 14.1. The van der Waals surface area contributed by atoms with E-state index in [1.54, 1.807) is 11.8 Å². The van der Waals surface area contributed by atoms with Crippen molar-refractivity contribution in [3.8, 4) is 0 Å². The highest BCUT2D eigenvalue weighted by Crippen LogP contribution is 2.43. The highest BCUT2D eigenvalue weighted by atomic mass is 16.5. The summed E-state index contributed by atoms with van der Waals surface area (Å²) in [7, 11) is 2.66. The minimum Gasteiger partial charge on any atom is -0.468 e. The zero-order valence-electron chi connectivity index (χ0n) is 17.9. The fourth-order valence-corrected chi connectivity index (χ4v) is 4.40. The largest absolute Gasteiger partial charge is 0.468 e. The number of rotatable bonds is 5. The molecule has 2 aliphatic heterocycles. The minimum absolute atomic E-state index is 0.162. The summed E-state index contributed by atoms with van der Waals surface area (Å²) in [4.78, 5) is 53.4. The summed E-state index contributed by atoms with van der Waals surface area (Å²) in [6, 6.07) is 6.53. The Bertz CT molecular complexity index is 871. The Labute approximate surface area is 175 Å². The molecule has 9 nitrogen and oxygen atoms in total. The Morgan fingerprint density at radius 3 is 2.43 bits per heavy atom. The van der Waals surface area contributed by atoms with E-state index in [1.165, 1.54) is 14.2 Å². The lowest BCUT2D eigenvalue weighted by Crippen LogP contribution is -2.56. The lowest BCUT2D eigenvalue weighted by molar-refractivity contribution is -0.152. The van der Waals surface area contributed by atoms with E-state index in [0.717, 1.165) is 10.5 Å². The molecular formula is C21H28N4O5. The molecule has 0 aliphatic carbocycles. The number of carbonyl (C=O) groups excluding carboxylic acids is 4. The molecule has 1 aromatic carbocycles. The van der Waals surface area contributed by atoms with Gasteiger partial charge in [-0.3, -0.25) is 24.6 Å². The second kappa shape index (κ2) is 8.06. The van der Waals surface area contributed by atoms with Crippen molar-refractivity contribution in [2.45, 2.75) is 32.4 Å². The molecular weight excluding hydrogens is 388 g/mol. The smallest absolute Gasteiger partial charge is 0.326 e. The summed E-state index contributed by atoms with van der Waals surface area (Å²) in [5, 5.41) is 5.97. The first-order valence-corrected chi connectivity index (χ1v) is 9.94. The molecule has 30 heavy (non-hydrogen) atoms.